The van der Waals surface area contributed by atoms with Gasteiger partial charge in [0.25, 0.3) is 5.56 Å². The summed E-state index contributed by atoms with van der Waals surface area (Å²) in [4.78, 5) is 12.2. The van der Waals surface area contributed by atoms with Crippen LogP contribution in [-0.2, 0) is 0 Å². The van der Waals surface area contributed by atoms with Crippen molar-refractivity contribution in [2.45, 2.75) is 6.04 Å². The van der Waals surface area contributed by atoms with Crippen molar-refractivity contribution in [3.63, 3.8) is 0 Å². The predicted octanol–water partition coefficient (Wildman–Crippen LogP) is 3.76. The van der Waals surface area contributed by atoms with Gasteiger partial charge in [0.1, 0.15) is 11.6 Å². The summed E-state index contributed by atoms with van der Waals surface area (Å²) in [6, 6.07) is 16.2. The van der Waals surface area contributed by atoms with Gasteiger partial charge in [-0.25, -0.2) is 8.78 Å². The van der Waals surface area contributed by atoms with Crippen LogP contribution in [0.25, 0.3) is 0 Å². The number of benzene rings is 2. The largest absolute Gasteiger partial charge is 0.304 e. The Morgan fingerprint density at radius 1 is 0.773 bits per heavy atom. The quantitative estimate of drug-likeness (QED) is 0.721. The van der Waals surface area contributed by atoms with Crippen molar-refractivity contribution in [3.05, 3.63) is 106 Å². The fraction of sp³-hybridized carbons (Fsp3) is 0.0556. The summed E-state index contributed by atoms with van der Waals surface area (Å²) in [5.41, 5.74) is 0.929. The monoisotopic (exact) mass is 297 g/mol. The molecule has 0 radical (unpaired) electrons. The van der Waals surface area contributed by atoms with Crippen LogP contribution in [-0.4, -0.2) is 4.57 Å². The van der Waals surface area contributed by atoms with Crippen LogP contribution in [0.15, 0.2) is 77.7 Å². The van der Waals surface area contributed by atoms with Crippen LogP contribution in [0.1, 0.15) is 17.2 Å². The molecule has 0 saturated heterocycles. The van der Waals surface area contributed by atoms with Gasteiger partial charge in [0.15, 0.2) is 0 Å². The molecule has 0 N–H and O–H groups in total. The molecule has 3 rings (SSSR count). The van der Waals surface area contributed by atoms with Gasteiger partial charge in [0.05, 0.1) is 6.04 Å². The van der Waals surface area contributed by atoms with Crippen molar-refractivity contribution in [2.75, 3.05) is 0 Å². The fourth-order valence-electron chi connectivity index (χ4n) is 2.52. The first-order valence-corrected chi connectivity index (χ1v) is 6.83. The van der Waals surface area contributed by atoms with Gasteiger partial charge in [-0.1, -0.05) is 30.3 Å². The molecule has 0 fully saturated rings. The van der Waals surface area contributed by atoms with Gasteiger partial charge >= 0.3 is 0 Å². The normalized spacial score (nSPS) is 10.9. The molecule has 0 amide bonds. The molecule has 0 aliphatic carbocycles. The smallest absolute Gasteiger partial charge is 0.251 e. The Balaban J connectivity index is 2.23. The molecule has 0 atom stereocenters. The molecule has 4 heteroatoms. The maximum atomic E-state index is 13.6. The lowest BCUT2D eigenvalue weighted by atomic mass is 9.98. The highest BCUT2D eigenvalue weighted by molar-refractivity contribution is 5.33. The van der Waals surface area contributed by atoms with Crippen LogP contribution in [0.3, 0.4) is 0 Å². The lowest BCUT2D eigenvalue weighted by Gasteiger charge is -2.21. The summed E-state index contributed by atoms with van der Waals surface area (Å²) >= 11 is 0. The Labute approximate surface area is 126 Å². The van der Waals surface area contributed by atoms with Crippen LogP contribution in [0.2, 0.25) is 0 Å². The Morgan fingerprint density at radius 2 is 1.36 bits per heavy atom. The van der Waals surface area contributed by atoms with Crippen LogP contribution in [0, 0.1) is 11.6 Å². The maximum absolute atomic E-state index is 13.6. The molecule has 0 aliphatic heterocycles. The highest BCUT2D eigenvalue weighted by Gasteiger charge is 2.18. The van der Waals surface area contributed by atoms with E-state index in [9.17, 15) is 13.6 Å². The molecule has 22 heavy (non-hydrogen) atoms. The van der Waals surface area contributed by atoms with E-state index >= 15 is 0 Å². The molecule has 0 aliphatic rings. The van der Waals surface area contributed by atoms with E-state index < -0.39 is 17.7 Å². The van der Waals surface area contributed by atoms with Crippen LogP contribution in [0.4, 0.5) is 8.78 Å². The number of pyridine rings is 1. The summed E-state index contributed by atoms with van der Waals surface area (Å²) in [5, 5.41) is 0. The Bertz CT molecular complexity index is 812. The molecule has 1 heterocycles. The van der Waals surface area contributed by atoms with E-state index in [0.29, 0.717) is 11.1 Å². The van der Waals surface area contributed by atoms with Gasteiger partial charge in [-0.05, 0) is 41.5 Å². The third-order valence-electron chi connectivity index (χ3n) is 3.46. The van der Waals surface area contributed by atoms with Crippen LogP contribution >= 0.6 is 0 Å². The molecule has 110 valence electrons. The first kappa shape index (κ1) is 14.2. The zero-order chi connectivity index (χ0) is 15.5. The lowest BCUT2D eigenvalue weighted by Crippen LogP contribution is -2.25. The molecule has 0 bridgehead atoms. The molecule has 0 saturated carbocycles. The van der Waals surface area contributed by atoms with Crippen molar-refractivity contribution in [1.29, 1.82) is 0 Å². The van der Waals surface area contributed by atoms with E-state index in [2.05, 4.69) is 0 Å². The van der Waals surface area contributed by atoms with E-state index in [1.807, 2.05) is 0 Å². The Hall–Kier alpha value is -2.75. The number of halogens is 2. The minimum atomic E-state index is -0.583. The third kappa shape index (κ3) is 2.81. The summed E-state index contributed by atoms with van der Waals surface area (Å²) in [7, 11) is 0. The van der Waals surface area contributed by atoms with E-state index in [1.165, 1.54) is 34.9 Å². The summed E-state index contributed by atoms with van der Waals surface area (Å²) in [6.07, 6.45) is 1.61. The van der Waals surface area contributed by atoms with Crippen molar-refractivity contribution in [2.24, 2.45) is 0 Å². The van der Waals surface area contributed by atoms with Gasteiger partial charge < -0.3 is 4.57 Å². The van der Waals surface area contributed by atoms with E-state index in [-0.39, 0.29) is 5.56 Å². The number of hydrogen-bond acceptors (Lipinski definition) is 1. The highest BCUT2D eigenvalue weighted by atomic mass is 19.1. The topological polar surface area (TPSA) is 22.0 Å². The second-order valence-electron chi connectivity index (χ2n) is 4.96. The number of nitrogens with zero attached hydrogens (tertiary/aromatic N) is 1. The molecule has 3 aromatic rings. The molecular weight excluding hydrogens is 284 g/mol. The first-order chi connectivity index (χ1) is 10.6. The van der Waals surface area contributed by atoms with Crippen molar-refractivity contribution in [1.82, 2.24) is 4.57 Å². The van der Waals surface area contributed by atoms with Crippen LogP contribution < -0.4 is 5.56 Å². The van der Waals surface area contributed by atoms with Crippen LogP contribution in [0.5, 0.6) is 0 Å². The maximum Gasteiger partial charge on any atom is 0.251 e. The SMILES string of the molecule is O=c1ccccn1C(c1cccc(F)c1)c1cccc(F)c1. The van der Waals surface area contributed by atoms with Gasteiger partial charge in [0, 0.05) is 12.3 Å². The second kappa shape index (κ2) is 5.93. The molecule has 0 spiro atoms. The standard InChI is InChI=1S/C18H13F2NO/c19-15-7-3-5-13(11-15)18(14-6-4-8-16(20)12-14)21-10-2-1-9-17(21)22/h1-12,18H. The first-order valence-electron chi connectivity index (χ1n) is 6.83. The zero-order valence-corrected chi connectivity index (χ0v) is 11.6. The fourth-order valence-corrected chi connectivity index (χ4v) is 2.52. The predicted molar refractivity (Wildman–Crippen MR) is 80.7 cm³/mol. The molecular formula is C18H13F2NO. The van der Waals surface area contributed by atoms with Crippen molar-refractivity contribution < 1.29 is 8.78 Å². The van der Waals surface area contributed by atoms with E-state index in [4.69, 9.17) is 0 Å². The average Bonchev–Trinajstić information content (AvgIpc) is 2.50. The Morgan fingerprint density at radius 3 is 1.86 bits per heavy atom. The second-order valence-corrected chi connectivity index (χ2v) is 4.96. The van der Waals surface area contributed by atoms with Gasteiger partial charge in [-0.3, -0.25) is 4.79 Å². The summed E-state index contributed by atoms with van der Waals surface area (Å²) < 4.78 is 28.6. The van der Waals surface area contributed by atoms with E-state index in [1.54, 1.807) is 42.6 Å². The van der Waals surface area contributed by atoms with Gasteiger partial charge in [0.2, 0.25) is 0 Å². The summed E-state index contributed by atoms with van der Waals surface area (Å²) in [6.45, 7) is 0. The van der Waals surface area contributed by atoms with Crippen molar-refractivity contribution >= 4 is 0 Å². The molecule has 0 unspecified atom stereocenters. The van der Waals surface area contributed by atoms with Gasteiger partial charge in [-0.2, -0.15) is 0 Å². The minimum absolute atomic E-state index is 0.235. The Kier molecular flexibility index (Phi) is 3.83. The number of rotatable bonds is 3. The summed E-state index contributed by atoms with van der Waals surface area (Å²) in [5.74, 6) is -0.800. The molecule has 2 aromatic carbocycles. The van der Waals surface area contributed by atoms with E-state index in [0.717, 1.165) is 0 Å². The number of aromatic nitrogens is 1. The van der Waals surface area contributed by atoms with Gasteiger partial charge in [-0.15, -0.1) is 0 Å². The number of hydrogen-bond donors (Lipinski definition) is 0. The average molecular weight is 297 g/mol. The molecule has 1 aromatic heterocycles. The third-order valence-corrected chi connectivity index (χ3v) is 3.46. The molecule has 2 nitrogen and oxygen atoms in total. The minimum Gasteiger partial charge on any atom is -0.304 e. The zero-order valence-electron chi connectivity index (χ0n) is 11.6. The van der Waals surface area contributed by atoms with Crippen molar-refractivity contribution in [3.8, 4) is 0 Å². The highest BCUT2D eigenvalue weighted by Crippen LogP contribution is 2.26. The lowest BCUT2D eigenvalue weighted by molar-refractivity contribution is 0.599.